The van der Waals surface area contributed by atoms with Crippen LogP contribution < -0.4 is 0 Å². The molecule has 15 heteroatoms. The van der Waals surface area contributed by atoms with Gasteiger partial charge in [-0.15, -0.1) is 0 Å². The molecular formula is C34H50O15. The summed E-state index contributed by atoms with van der Waals surface area (Å²) < 4.78 is 26.7. The minimum atomic E-state index is -1.92. The molecule has 7 N–H and O–H groups in total. The predicted molar refractivity (Wildman–Crippen MR) is 170 cm³/mol. The molecule has 1 aliphatic carbocycles. The van der Waals surface area contributed by atoms with Gasteiger partial charge in [0.15, 0.2) is 24.5 Å². The number of carbonyl (C=O) groups is 3. The second-order valence-corrected chi connectivity index (χ2v) is 13.1. The number of Topliss-reactive ketones (excluding diaryl/α,β-unsaturated/α-hetero) is 1. The lowest BCUT2D eigenvalue weighted by Gasteiger charge is -2.45. The van der Waals surface area contributed by atoms with Crippen molar-refractivity contribution in [3.05, 3.63) is 47.1 Å². The highest BCUT2D eigenvalue weighted by Gasteiger charge is 2.50. The van der Waals surface area contributed by atoms with Crippen molar-refractivity contribution >= 4 is 17.7 Å². The molecule has 15 nitrogen and oxygen atoms in total. The van der Waals surface area contributed by atoms with Crippen molar-refractivity contribution in [3.63, 3.8) is 0 Å². The van der Waals surface area contributed by atoms with Crippen LogP contribution >= 0.6 is 0 Å². The molecule has 2 aliphatic heterocycles. The van der Waals surface area contributed by atoms with E-state index in [0.29, 0.717) is 5.57 Å². The van der Waals surface area contributed by atoms with E-state index in [2.05, 4.69) is 0 Å². The Morgan fingerprint density at radius 2 is 1.61 bits per heavy atom. The van der Waals surface area contributed by atoms with Crippen LogP contribution in [0.25, 0.3) is 0 Å². The smallest absolute Gasteiger partial charge is 0.307 e. The second kappa shape index (κ2) is 17.9. The third kappa shape index (κ3) is 10.4. The van der Waals surface area contributed by atoms with Gasteiger partial charge in [0.05, 0.1) is 19.4 Å². The Labute approximate surface area is 285 Å². The molecular weight excluding hydrogens is 648 g/mol. The van der Waals surface area contributed by atoms with Crippen molar-refractivity contribution in [2.24, 2.45) is 5.41 Å². The Kier molecular flexibility index (Phi) is 14.8. The minimum Gasteiger partial charge on any atom is -0.463 e. The van der Waals surface area contributed by atoms with E-state index < -0.39 is 111 Å². The summed E-state index contributed by atoms with van der Waals surface area (Å²) in [5.74, 6) is -2.04. The number of hydrogen-bond donors (Lipinski definition) is 7. The van der Waals surface area contributed by atoms with Gasteiger partial charge < -0.3 is 59.4 Å². The van der Waals surface area contributed by atoms with Crippen LogP contribution in [-0.2, 0) is 38.1 Å². The lowest BCUT2D eigenvalue weighted by Crippen LogP contribution is -2.64. The molecule has 11 atom stereocenters. The fourth-order valence-corrected chi connectivity index (χ4v) is 5.85. The van der Waals surface area contributed by atoms with Gasteiger partial charge in [-0.3, -0.25) is 14.4 Å². The summed E-state index contributed by atoms with van der Waals surface area (Å²) in [5.41, 5.74) is 1.83. The van der Waals surface area contributed by atoms with Crippen LogP contribution in [0.3, 0.4) is 0 Å². The molecule has 0 spiro atoms. The van der Waals surface area contributed by atoms with Gasteiger partial charge in [0, 0.05) is 6.42 Å². The molecule has 0 aromatic carbocycles. The molecule has 0 aromatic rings. The van der Waals surface area contributed by atoms with Crippen LogP contribution in [0.1, 0.15) is 60.3 Å². The lowest BCUT2D eigenvalue weighted by atomic mass is 9.71. The summed E-state index contributed by atoms with van der Waals surface area (Å²) >= 11 is 0. The van der Waals surface area contributed by atoms with Crippen LogP contribution in [-0.4, -0.2) is 134 Å². The molecule has 276 valence electrons. The average Bonchev–Trinajstić information content (AvgIpc) is 3.05. The first-order chi connectivity index (χ1) is 23.0. The molecule has 0 saturated carbocycles. The number of hydrogen-bond acceptors (Lipinski definition) is 15. The van der Waals surface area contributed by atoms with Crippen molar-refractivity contribution in [3.8, 4) is 0 Å². The molecule has 49 heavy (non-hydrogen) atoms. The average molecular weight is 699 g/mol. The quantitative estimate of drug-likeness (QED) is 0.0959. The standard InChI is InChI=1S/C34H50O15/c1-6-7-8-9-17(2)10-11-19-18(3)25(38)20(14-34(19,4)5)46-24(37)13-12-23(36)45-16-22-31(28(41)29(42)32(44)47-22)49-33-30(43)27(40)26(39)21(15-35)48-33/h7-11,20-22,26-33,35,39-44H,6,12-16H2,1-5H3. The Morgan fingerprint density at radius 3 is 2.27 bits per heavy atom. The highest BCUT2D eigenvalue weighted by atomic mass is 16.7. The highest BCUT2D eigenvalue weighted by molar-refractivity contribution is 6.01. The summed E-state index contributed by atoms with van der Waals surface area (Å²) in [6.45, 7) is 8.17. The third-order valence-corrected chi connectivity index (χ3v) is 8.75. The zero-order valence-electron chi connectivity index (χ0n) is 28.4. The van der Waals surface area contributed by atoms with E-state index >= 15 is 0 Å². The van der Waals surface area contributed by atoms with E-state index in [1.807, 2.05) is 58.1 Å². The van der Waals surface area contributed by atoms with Gasteiger partial charge in [-0.2, -0.15) is 0 Å². The van der Waals surface area contributed by atoms with Crippen LogP contribution in [0.15, 0.2) is 47.1 Å². The molecule has 2 heterocycles. The zero-order valence-corrected chi connectivity index (χ0v) is 28.4. The Hall–Kier alpha value is -2.83. The van der Waals surface area contributed by atoms with Crippen molar-refractivity contribution in [1.29, 1.82) is 0 Å². The number of ether oxygens (including phenoxy) is 5. The van der Waals surface area contributed by atoms with E-state index in [9.17, 15) is 50.1 Å². The zero-order chi connectivity index (χ0) is 36.6. The summed E-state index contributed by atoms with van der Waals surface area (Å²) in [4.78, 5) is 38.4. The van der Waals surface area contributed by atoms with E-state index in [-0.39, 0.29) is 12.2 Å². The van der Waals surface area contributed by atoms with Crippen molar-refractivity contribution in [2.45, 2.75) is 128 Å². The topological polar surface area (TPSA) is 239 Å². The van der Waals surface area contributed by atoms with Gasteiger partial charge >= 0.3 is 11.9 Å². The molecule has 0 radical (unpaired) electrons. The Morgan fingerprint density at radius 1 is 0.939 bits per heavy atom. The van der Waals surface area contributed by atoms with E-state index in [1.165, 1.54) is 0 Å². The number of esters is 2. The van der Waals surface area contributed by atoms with Crippen molar-refractivity contribution in [1.82, 2.24) is 0 Å². The third-order valence-electron chi connectivity index (χ3n) is 8.75. The van der Waals surface area contributed by atoms with Gasteiger partial charge in [0.1, 0.15) is 55.4 Å². The summed E-state index contributed by atoms with van der Waals surface area (Å²) in [6, 6.07) is 0. The first-order valence-corrected chi connectivity index (χ1v) is 16.3. The molecule has 0 amide bonds. The van der Waals surface area contributed by atoms with Crippen LogP contribution in [0.2, 0.25) is 0 Å². The van der Waals surface area contributed by atoms with Gasteiger partial charge in [-0.05, 0) is 36.8 Å². The van der Waals surface area contributed by atoms with Crippen LogP contribution in [0.5, 0.6) is 0 Å². The second-order valence-electron chi connectivity index (χ2n) is 13.1. The maximum absolute atomic E-state index is 13.1. The SMILES string of the molecule is CCC=CC=C(C)C=CC1=C(C)C(=O)C(OC(=O)CCC(=O)OCC2OC(O)C(O)C(O)C2OC2OC(CO)C(O)C(O)C2O)CC1(C)C. The molecule has 2 fully saturated rings. The highest BCUT2D eigenvalue weighted by Crippen LogP contribution is 2.41. The molecule has 2 saturated heterocycles. The predicted octanol–water partition coefficient (Wildman–Crippen LogP) is -0.370. The first kappa shape index (κ1) is 40.6. The van der Waals surface area contributed by atoms with E-state index in [4.69, 9.17) is 23.7 Å². The number of aliphatic hydroxyl groups is 7. The van der Waals surface area contributed by atoms with E-state index in [0.717, 1.165) is 17.6 Å². The Bertz CT molecular complexity index is 1280. The number of ketones is 1. The van der Waals surface area contributed by atoms with Gasteiger partial charge in [-0.1, -0.05) is 56.7 Å². The number of aliphatic hydroxyl groups excluding tert-OH is 7. The van der Waals surface area contributed by atoms with Gasteiger partial charge in [0.2, 0.25) is 0 Å². The molecule has 0 bridgehead atoms. The largest absolute Gasteiger partial charge is 0.463 e. The van der Waals surface area contributed by atoms with Crippen molar-refractivity contribution < 1.29 is 73.8 Å². The maximum atomic E-state index is 13.1. The molecule has 3 aliphatic rings. The molecule has 0 aromatic heterocycles. The van der Waals surface area contributed by atoms with Crippen molar-refractivity contribution in [2.75, 3.05) is 13.2 Å². The number of carbonyl (C=O) groups excluding carboxylic acids is 3. The monoisotopic (exact) mass is 698 g/mol. The molecule has 3 rings (SSSR count). The summed E-state index contributed by atoms with van der Waals surface area (Å²) in [5, 5.41) is 70.5. The van der Waals surface area contributed by atoms with Crippen LogP contribution in [0.4, 0.5) is 0 Å². The summed E-state index contributed by atoms with van der Waals surface area (Å²) in [6.07, 6.45) is -8.08. The Balaban J connectivity index is 1.57. The molecule has 11 unspecified atom stereocenters. The fraction of sp³-hybridized carbons (Fsp3) is 0.676. The van der Waals surface area contributed by atoms with Gasteiger partial charge in [0.25, 0.3) is 0 Å². The maximum Gasteiger partial charge on any atom is 0.307 e. The first-order valence-electron chi connectivity index (χ1n) is 16.3. The van der Waals surface area contributed by atoms with E-state index in [1.54, 1.807) is 6.92 Å². The lowest BCUT2D eigenvalue weighted by molar-refractivity contribution is -0.355. The fourth-order valence-electron chi connectivity index (χ4n) is 5.85. The summed E-state index contributed by atoms with van der Waals surface area (Å²) in [7, 11) is 0. The van der Waals surface area contributed by atoms with Gasteiger partial charge in [-0.25, -0.2) is 0 Å². The minimum absolute atomic E-state index is 0.239. The normalized spacial score (nSPS) is 35.6. The number of allylic oxidation sites excluding steroid dienone is 7. The van der Waals surface area contributed by atoms with Crippen LogP contribution in [0, 0.1) is 5.41 Å². The number of rotatable bonds is 13.